The average Bonchev–Trinajstić information content (AvgIpc) is 3.31. The minimum Gasteiger partial charge on any atom is -0.496 e. The summed E-state index contributed by atoms with van der Waals surface area (Å²) in [6.45, 7) is 0.573. The number of ether oxygens (including phenoxy) is 1. The first-order valence-corrected chi connectivity index (χ1v) is 9.30. The van der Waals surface area contributed by atoms with Crippen LogP contribution in [0.15, 0.2) is 53.3 Å². The Hall–Kier alpha value is -2.89. The third kappa shape index (κ3) is 3.65. The molecular formula is C21H23N3O3. The van der Waals surface area contributed by atoms with Gasteiger partial charge in [-0.2, -0.15) is 5.10 Å². The zero-order chi connectivity index (χ0) is 18.8. The Bertz CT molecular complexity index is 934. The smallest absolute Gasteiger partial charge is 0.267 e. The Labute approximate surface area is 157 Å². The molecule has 1 heterocycles. The van der Waals surface area contributed by atoms with Crippen LogP contribution in [0.3, 0.4) is 0 Å². The van der Waals surface area contributed by atoms with Crippen LogP contribution >= 0.6 is 0 Å². The van der Waals surface area contributed by atoms with Gasteiger partial charge in [0.25, 0.3) is 5.56 Å². The van der Waals surface area contributed by atoms with Crippen molar-refractivity contribution in [2.45, 2.75) is 19.4 Å². The maximum absolute atomic E-state index is 12.3. The number of methoxy groups -OCH3 is 1. The fourth-order valence-electron chi connectivity index (χ4n) is 4.13. The van der Waals surface area contributed by atoms with Crippen LogP contribution in [-0.2, 0) is 11.3 Å². The van der Waals surface area contributed by atoms with Gasteiger partial charge < -0.3 is 10.1 Å². The lowest BCUT2D eigenvalue weighted by Gasteiger charge is -2.18. The molecule has 27 heavy (non-hydrogen) atoms. The molecule has 140 valence electrons. The number of nitrogens with zero attached hydrogens (tertiary/aromatic N) is 2. The highest BCUT2D eigenvalue weighted by molar-refractivity contribution is 5.75. The van der Waals surface area contributed by atoms with Crippen LogP contribution in [-0.4, -0.2) is 29.3 Å². The number of allylic oxidation sites excluding steroid dienone is 2. The Balaban J connectivity index is 1.44. The van der Waals surface area contributed by atoms with Crippen molar-refractivity contribution in [3.05, 3.63) is 58.9 Å². The molecule has 0 unspecified atom stereocenters. The minimum atomic E-state index is -0.299. The number of nitrogens with one attached hydrogen (secondary N) is 1. The van der Waals surface area contributed by atoms with E-state index in [0.29, 0.717) is 35.7 Å². The maximum atomic E-state index is 12.3. The van der Waals surface area contributed by atoms with Crippen molar-refractivity contribution >= 4 is 5.91 Å². The normalized spacial score (nSPS) is 22.8. The Morgan fingerprint density at radius 3 is 2.81 bits per heavy atom. The van der Waals surface area contributed by atoms with Crippen LogP contribution in [0.25, 0.3) is 11.3 Å². The van der Waals surface area contributed by atoms with Gasteiger partial charge in [0.1, 0.15) is 12.3 Å². The molecule has 6 heteroatoms. The predicted octanol–water partition coefficient (Wildman–Crippen LogP) is 2.25. The van der Waals surface area contributed by atoms with E-state index in [1.807, 2.05) is 24.3 Å². The lowest BCUT2D eigenvalue weighted by molar-refractivity contribution is -0.122. The summed E-state index contributed by atoms with van der Waals surface area (Å²) in [6.07, 6.45) is 6.91. The van der Waals surface area contributed by atoms with Gasteiger partial charge in [0, 0.05) is 18.2 Å². The molecule has 4 rings (SSSR count). The fraction of sp³-hybridized carbons (Fsp3) is 0.381. The summed E-state index contributed by atoms with van der Waals surface area (Å²) in [7, 11) is 1.59. The topological polar surface area (TPSA) is 73.2 Å². The second-order valence-electron chi connectivity index (χ2n) is 7.26. The highest BCUT2D eigenvalue weighted by atomic mass is 16.5. The van der Waals surface area contributed by atoms with Gasteiger partial charge in [-0.25, -0.2) is 4.68 Å². The molecule has 1 N–H and O–H groups in total. The molecule has 1 amide bonds. The van der Waals surface area contributed by atoms with Crippen molar-refractivity contribution in [1.82, 2.24) is 15.1 Å². The van der Waals surface area contributed by atoms with Crippen molar-refractivity contribution in [1.29, 1.82) is 0 Å². The number of aromatic nitrogens is 2. The standard InChI is InChI=1S/C21H23N3O3/c1-27-19-5-3-2-4-17(19)18-8-9-21(26)24(23-18)13-20(25)22-12-16-11-14-6-7-15(16)10-14/h2-9,14-16H,10-13H2,1H3,(H,22,25)/t14-,15-,16-/m0/s1. The number of carbonyl (C=O) groups is 1. The second-order valence-corrected chi connectivity index (χ2v) is 7.26. The predicted molar refractivity (Wildman–Crippen MR) is 102 cm³/mol. The first-order chi connectivity index (χ1) is 13.1. The van der Waals surface area contributed by atoms with E-state index in [-0.39, 0.29) is 18.0 Å². The van der Waals surface area contributed by atoms with Gasteiger partial charge in [0.15, 0.2) is 0 Å². The average molecular weight is 365 g/mol. The van der Waals surface area contributed by atoms with Crippen LogP contribution in [0.2, 0.25) is 0 Å². The molecule has 2 aliphatic carbocycles. The molecule has 2 aliphatic rings. The van der Waals surface area contributed by atoms with Crippen molar-refractivity contribution < 1.29 is 9.53 Å². The number of hydrogen-bond donors (Lipinski definition) is 1. The molecule has 0 saturated heterocycles. The van der Waals surface area contributed by atoms with Crippen LogP contribution in [0.4, 0.5) is 0 Å². The minimum absolute atomic E-state index is 0.0848. The molecule has 0 radical (unpaired) electrons. The molecule has 1 saturated carbocycles. The summed E-state index contributed by atoms with van der Waals surface area (Å²) >= 11 is 0. The Kier molecular flexibility index (Phi) is 4.79. The van der Waals surface area contributed by atoms with Gasteiger partial charge in [0.2, 0.25) is 5.91 Å². The van der Waals surface area contributed by atoms with Crippen LogP contribution < -0.4 is 15.6 Å². The lowest BCUT2D eigenvalue weighted by Crippen LogP contribution is -2.36. The van der Waals surface area contributed by atoms with Crippen LogP contribution in [0.5, 0.6) is 5.75 Å². The number of rotatable bonds is 6. The van der Waals surface area contributed by atoms with Gasteiger partial charge in [-0.3, -0.25) is 9.59 Å². The molecule has 1 fully saturated rings. The Morgan fingerprint density at radius 2 is 2.07 bits per heavy atom. The molecule has 2 bridgehead atoms. The van der Waals surface area contributed by atoms with E-state index in [0.717, 1.165) is 12.0 Å². The van der Waals surface area contributed by atoms with Crippen molar-refractivity contribution in [3.63, 3.8) is 0 Å². The molecule has 0 aliphatic heterocycles. The summed E-state index contributed by atoms with van der Waals surface area (Å²) < 4.78 is 6.56. The zero-order valence-corrected chi connectivity index (χ0v) is 15.3. The lowest BCUT2D eigenvalue weighted by atomic mass is 9.94. The number of para-hydroxylation sites is 1. The molecular weight excluding hydrogens is 342 g/mol. The van der Waals surface area contributed by atoms with Gasteiger partial charge in [-0.05, 0) is 48.8 Å². The quantitative estimate of drug-likeness (QED) is 0.797. The van der Waals surface area contributed by atoms with E-state index >= 15 is 0 Å². The number of hydrogen-bond acceptors (Lipinski definition) is 4. The number of fused-ring (bicyclic) bond motifs is 2. The largest absolute Gasteiger partial charge is 0.496 e. The fourth-order valence-corrected chi connectivity index (χ4v) is 4.13. The van der Waals surface area contributed by atoms with Gasteiger partial charge in [0.05, 0.1) is 12.8 Å². The number of amides is 1. The molecule has 1 aromatic carbocycles. The monoisotopic (exact) mass is 365 g/mol. The highest BCUT2D eigenvalue weighted by Gasteiger charge is 2.35. The molecule has 2 aromatic rings. The van der Waals surface area contributed by atoms with E-state index in [9.17, 15) is 9.59 Å². The molecule has 3 atom stereocenters. The first kappa shape index (κ1) is 17.5. The highest BCUT2D eigenvalue weighted by Crippen LogP contribution is 2.42. The van der Waals surface area contributed by atoms with E-state index in [1.54, 1.807) is 13.2 Å². The van der Waals surface area contributed by atoms with Gasteiger partial charge in [-0.1, -0.05) is 24.3 Å². The first-order valence-electron chi connectivity index (χ1n) is 9.30. The number of carbonyl (C=O) groups excluding carboxylic acids is 1. The maximum Gasteiger partial charge on any atom is 0.267 e. The van der Waals surface area contributed by atoms with E-state index < -0.39 is 0 Å². The van der Waals surface area contributed by atoms with Crippen LogP contribution in [0.1, 0.15) is 12.8 Å². The zero-order valence-electron chi connectivity index (χ0n) is 15.3. The summed E-state index contributed by atoms with van der Waals surface area (Å²) in [6, 6.07) is 10.5. The number of benzene rings is 1. The van der Waals surface area contributed by atoms with Crippen LogP contribution in [0, 0.1) is 17.8 Å². The summed E-state index contributed by atoms with van der Waals surface area (Å²) in [5.74, 6) is 2.26. The van der Waals surface area contributed by atoms with E-state index in [2.05, 4.69) is 22.6 Å². The molecule has 1 aromatic heterocycles. The van der Waals surface area contributed by atoms with Crippen molar-refractivity contribution in [3.8, 4) is 17.0 Å². The Morgan fingerprint density at radius 1 is 1.22 bits per heavy atom. The second kappa shape index (κ2) is 7.39. The van der Waals surface area contributed by atoms with Gasteiger partial charge in [-0.15, -0.1) is 0 Å². The molecule has 0 spiro atoms. The summed E-state index contributed by atoms with van der Waals surface area (Å²) in [4.78, 5) is 24.5. The third-order valence-electron chi connectivity index (χ3n) is 5.52. The van der Waals surface area contributed by atoms with Crippen molar-refractivity contribution in [2.75, 3.05) is 13.7 Å². The summed E-state index contributed by atoms with van der Waals surface area (Å²) in [5, 5.41) is 7.33. The van der Waals surface area contributed by atoms with Gasteiger partial charge >= 0.3 is 0 Å². The van der Waals surface area contributed by atoms with E-state index in [1.165, 1.54) is 17.2 Å². The summed E-state index contributed by atoms with van der Waals surface area (Å²) in [5.41, 5.74) is 1.08. The van der Waals surface area contributed by atoms with E-state index in [4.69, 9.17) is 4.74 Å². The SMILES string of the molecule is COc1ccccc1-c1ccc(=O)n(CC(=O)NC[C@@H]2C[C@H]3C=C[C@H]2C3)n1. The third-order valence-corrected chi connectivity index (χ3v) is 5.52. The molecule has 6 nitrogen and oxygen atoms in total. The van der Waals surface area contributed by atoms with Crippen molar-refractivity contribution in [2.24, 2.45) is 17.8 Å².